The largest absolute Gasteiger partial charge is 0.462 e. The first kappa shape index (κ1) is 60.6. The highest BCUT2D eigenvalue weighted by Gasteiger charge is 2.19. The average molecular weight is 891 g/mol. The van der Waals surface area contributed by atoms with E-state index < -0.39 is 6.10 Å². The molecule has 0 aliphatic heterocycles. The molecule has 0 amide bonds. The highest BCUT2D eigenvalue weighted by atomic mass is 16.6. The molecule has 6 nitrogen and oxygen atoms in total. The van der Waals surface area contributed by atoms with E-state index in [2.05, 4.69) is 106 Å². The van der Waals surface area contributed by atoms with E-state index in [0.717, 1.165) is 83.5 Å². The van der Waals surface area contributed by atoms with Gasteiger partial charge in [0.05, 0.1) is 0 Å². The Morgan fingerprint density at radius 1 is 0.344 bits per heavy atom. The lowest BCUT2D eigenvalue weighted by Gasteiger charge is -2.18. The number of hydrogen-bond donors (Lipinski definition) is 0. The summed E-state index contributed by atoms with van der Waals surface area (Å²) >= 11 is 0. The van der Waals surface area contributed by atoms with Gasteiger partial charge in [0.25, 0.3) is 0 Å². The van der Waals surface area contributed by atoms with Crippen LogP contribution in [0.1, 0.15) is 245 Å². The van der Waals surface area contributed by atoms with Crippen LogP contribution in [0.4, 0.5) is 0 Å². The van der Waals surface area contributed by atoms with Gasteiger partial charge in [-0.2, -0.15) is 0 Å². The lowest BCUT2D eigenvalue weighted by molar-refractivity contribution is -0.167. The van der Waals surface area contributed by atoms with Crippen molar-refractivity contribution >= 4 is 17.9 Å². The molecule has 0 saturated carbocycles. The van der Waals surface area contributed by atoms with Gasteiger partial charge in [0.15, 0.2) is 6.10 Å². The number of ether oxygens (including phenoxy) is 3. The summed E-state index contributed by atoms with van der Waals surface area (Å²) in [6, 6.07) is 0. The molecule has 0 rings (SSSR count). The van der Waals surface area contributed by atoms with Gasteiger partial charge in [0, 0.05) is 19.3 Å². The molecule has 0 aromatic carbocycles. The number of rotatable bonds is 47. The van der Waals surface area contributed by atoms with Crippen LogP contribution in [-0.4, -0.2) is 37.2 Å². The number of carbonyl (C=O) groups excluding carboxylic acids is 3. The van der Waals surface area contributed by atoms with Crippen molar-refractivity contribution in [2.24, 2.45) is 0 Å². The summed E-state index contributed by atoms with van der Waals surface area (Å²) in [6.07, 6.45) is 67.1. The van der Waals surface area contributed by atoms with Crippen LogP contribution in [0.5, 0.6) is 0 Å². The van der Waals surface area contributed by atoms with Gasteiger partial charge in [-0.1, -0.05) is 234 Å². The molecular formula is C58H98O6. The molecule has 366 valence electrons. The lowest BCUT2D eigenvalue weighted by Crippen LogP contribution is -2.30. The Morgan fingerprint density at radius 2 is 0.688 bits per heavy atom. The zero-order valence-electron chi connectivity index (χ0n) is 41.8. The first-order chi connectivity index (χ1) is 31.5. The van der Waals surface area contributed by atoms with E-state index in [1.165, 1.54) is 116 Å². The quantitative estimate of drug-likeness (QED) is 0.0199. The van der Waals surface area contributed by atoms with Crippen molar-refractivity contribution in [1.82, 2.24) is 0 Å². The van der Waals surface area contributed by atoms with Gasteiger partial charge in [-0.15, -0.1) is 0 Å². The third-order valence-electron chi connectivity index (χ3n) is 11.2. The molecule has 0 spiro atoms. The van der Waals surface area contributed by atoms with E-state index >= 15 is 0 Å². The van der Waals surface area contributed by atoms with Crippen LogP contribution in [0.3, 0.4) is 0 Å². The van der Waals surface area contributed by atoms with Crippen LogP contribution in [0.15, 0.2) is 85.1 Å². The molecule has 1 atom stereocenters. The molecule has 0 aromatic rings. The smallest absolute Gasteiger partial charge is 0.306 e. The zero-order chi connectivity index (χ0) is 46.5. The first-order valence-corrected chi connectivity index (χ1v) is 26.6. The molecule has 64 heavy (non-hydrogen) atoms. The van der Waals surface area contributed by atoms with E-state index in [4.69, 9.17) is 14.2 Å². The molecule has 0 radical (unpaired) electrons. The topological polar surface area (TPSA) is 78.9 Å². The van der Waals surface area contributed by atoms with E-state index in [1.807, 2.05) is 0 Å². The Bertz CT molecular complexity index is 1250. The third-order valence-corrected chi connectivity index (χ3v) is 11.2. The van der Waals surface area contributed by atoms with Crippen LogP contribution in [-0.2, 0) is 28.6 Å². The van der Waals surface area contributed by atoms with Crippen molar-refractivity contribution in [1.29, 1.82) is 0 Å². The van der Waals surface area contributed by atoms with Crippen LogP contribution in [0.25, 0.3) is 0 Å². The lowest BCUT2D eigenvalue weighted by atomic mass is 10.0. The molecule has 1 unspecified atom stereocenters. The van der Waals surface area contributed by atoms with Crippen LogP contribution in [0, 0.1) is 0 Å². The number of allylic oxidation sites excluding steroid dienone is 14. The molecular weight excluding hydrogens is 793 g/mol. The van der Waals surface area contributed by atoms with Crippen LogP contribution < -0.4 is 0 Å². The maximum Gasteiger partial charge on any atom is 0.306 e. The summed E-state index contributed by atoms with van der Waals surface area (Å²) in [5, 5.41) is 0. The molecule has 0 aliphatic carbocycles. The number of esters is 3. The summed E-state index contributed by atoms with van der Waals surface area (Å²) in [5.41, 5.74) is 0. The molecule has 0 saturated heterocycles. The molecule has 6 heteroatoms. The van der Waals surface area contributed by atoms with Gasteiger partial charge in [-0.3, -0.25) is 14.4 Å². The second-order valence-corrected chi connectivity index (χ2v) is 17.5. The monoisotopic (exact) mass is 891 g/mol. The summed E-state index contributed by atoms with van der Waals surface area (Å²) in [5.74, 6) is -0.966. The van der Waals surface area contributed by atoms with E-state index in [0.29, 0.717) is 19.3 Å². The standard InChI is InChI=1S/C58H98O6/c1-4-7-10-13-16-19-22-25-28-29-31-33-36-39-42-45-48-51-57(60)63-54-55(53-62-56(59)50-47-44-41-38-35-32-27-24-21-18-15-12-9-6-3)64-58(61)52-49-46-43-40-37-34-30-26-23-20-17-14-11-8-5-2/h8,11,14,16-17,19-20,23,25,28,31,33,39,42,55H,4-7,9-10,12-13,15,18,21-22,24,26-27,29-30,32,34-38,40-41,43-54H2,1-3H3/b11-8-,17-14-,19-16-,23-20-,28-25-,33-31-,42-39-. The van der Waals surface area contributed by atoms with Gasteiger partial charge in [0.2, 0.25) is 0 Å². The Kier molecular flexibility index (Phi) is 49.4. The Labute approximate surface area is 395 Å². The fraction of sp³-hybridized carbons (Fsp3) is 0.707. The van der Waals surface area contributed by atoms with Crippen LogP contribution in [0.2, 0.25) is 0 Å². The predicted molar refractivity (Wildman–Crippen MR) is 274 cm³/mol. The highest BCUT2D eigenvalue weighted by Crippen LogP contribution is 2.15. The average Bonchev–Trinajstić information content (AvgIpc) is 3.29. The highest BCUT2D eigenvalue weighted by molar-refractivity contribution is 5.71. The SMILES string of the molecule is CC\C=C/C=C\C=C/CCCCCCCCCC(=O)OC(COC(=O)CCC/C=C\C/C=C\C/C=C\C/C=C\CCCCC)COC(=O)CCCCCCCCCCCCCCCC. The normalized spacial score (nSPS) is 12.7. The Hall–Kier alpha value is -3.41. The minimum Gasteiger partial charge on any atom is -0.462 e. The van der Waals surface area contributed by atoms with E-state index in [1.54, 1.807) is 0 Å². The van der Waals surface area contributed by atoms with Crippen molar-refractivity contribution in [3.63, 3.8) is 0 Å². The summed E-state index contributed by atoms with van der Waals surface area (Å²) in [4.78, 5) is 38.0. The van der Waals surface area contributed by atoms with E-state index in [-0.39, 0.29) is 37.5 Å². The number of unbranched alkanes of at least 4 members (excludes halogenated alkanes) is 24. The second-order valence-electron chi connectivity index (χ2n) is 17.5. The minimum atomic E-state index is -0.803. The Morgan fingerprint density at radius 3 is 1.17 bits per heavy atom. The summed E-state index contributed by atoms with van der Waals surface area (Å²) in [6.45, 7) is 6.43. The predicted octanol–water partition coefficient (Wildman–Crippen LogP) is 17.6. The summed E-state index contributed by atoms with van der Waals surface area (Å²) in [7, 11) is 0. The van der Waals surface area contributed by atoms with Gasteiger partial charge < -0.3 is 14.2 Å². The van der Waals surface area contributed by atoms with Crippen LogP contribution >= 0.6 is 0 Å². The van der Waals surface area contributed by atoms with E-state index in [9.17, 15) is 14.4 Å². The molecule has 0 aromatic heterocycles. The van der Waals surface area contributed by atoms with Crippen molar-refractivity contribution in [3.8, 4) is 0 Å². The summed E-state index contributed by atoms with van der Waals surface area (Å²) < 4.78 is 16.8. The van der Waals surface area contributed by atoms with Crippen molar-refractivity contribution in [2.45, 2.75) is 252 Å². The van der Waals surface area contributed by atoms with Gasteiger partial charge in [0.1, 0.15) is 13.2 Å². The Balaban J connectivity index is 4.48. The van der Waals surface area contributed by atoms with Gasteiger partial charge in [-0.05, 0) is 77.0 Å². The number of carbonyl (C=O) groups is 3. The molecule has 0 bridgehead atoms. The van der Waals surface area contributed by atoms with Crippen molar-refractivity contribution in [2.75, 3.05) is 13.2 Å². The second kappa shape index (κ2) is 52.2. The van der Waals surface area contributed by atoms with Crippen molar-refractivity contribution < 1.29 is 28.6 Å². The maximum atomic E-state index is 12.8. The third kappa shape index (κ3) is 49.6. The molecule has 0 N–H and O–H groups in total. The van der Waals surface area contributed by atoms with Gasteiger partial charge >= 0.3 is 17.9 Å². The minimum absolute atomic E-state index is 0.0972. The van der Waals surface area contributed by atoms with Crippen molar-refractivity contribution in [3.05, 3.63) is 85.1 Å². The first-order valence-electron chi connectivity index (χ1n) is 26.6. The fourth-order valence-corrected chi connectivity index (χ4v) is 7.20. The molecule has 0 fully saturated rings. The fourth-order valence-electron chi connectivity index (χ4n) is 7.20. The molecule has 0 aliphatic rings. The zero-order valence-corrected chi connectivity index (χ0v) is 41.8. The van der Waals surface area contributed by atoms with Gasteiger partial charge in [-0.25, -0.2) is 0 Å². The molecule has 0 heterocycles. The maximum absolute atomic E-state index is 12.8. The number of hydrogen-bond acceptors (Lipinski definition) is 6.